The van der Waals surface area contributed by atoms with Gasteiger partial charge < -0.3 is 15.2 Å². The molecule has 2 aromatic heterocycles. The Morgan fingerprint density at radius 2 is 2.25 bits per heavy atom. The Labute approximate surface area is 140 Å². The molecule has 1 aliphatic rings. The molecule has 0 bridgehead atoms. The number of ether oxygens (including phenoxy) is 2. The quantitative estimate of drug-likeness (QED) is 0.850. The van der Waals surface area contributed by atoms with E-state index in [1.807, 2.05) is 26.0 Å². The van der Waals surface area contributed by atoms with Gasteiger partial charge >= 0.3 is 5.97 Å². The molecule has 8 nitrogen and oxygen atoms in total. The minimum absolute atomic E-state index is 0.0699. The van der Waals surface area contributed by atoms with E-state index in [0.717, 1.165) is 24.1 Å². The Morgan fingerprint density at radius 1 is 1.50 bits per heavy atom. The van der Waals surface area contributed by atoms with E-state index in [2.05, 4.69) is 16.7 Å². The second-order valence-corrected chi connectivity index (χ2v) is 5.81. The van der Waals surface area contributed by atoms with Crippen LogP contribution in [0.2, 0.25) is 0 Å². The maximum atomic E-state index is 11.5. The number of nitrogens with zero attached hydrogens (tertiary/aromatic N) is 4. The Bertz CT molecular complexity index is 725. The van der Waals surface area contributed by atoms with Gasteiger partial charge in [-0.3, -0.25) is 4.79 Å². The van der Waals surface area contributed by atoms with Crippen LogP contribution < -0.4 is 5.73 Å². The van der Waals surface area contributed by atoms with Gasteiger partial charge in [0.15, 0.2) is 5.82 Å². The first kappa shape index (κ1) is 17.7. The minimum atomic E-state index is -0.194. The van der Waals surface area contributed by atoms with Crippen LogP contribution in [0.3, 0.4) is 0 Å². The van der Waals surface area contributed by atoms with Gasteiger partial charge in [0, 0.05) is 6.57 Å². The van der Waals surface area contributed by atoms with Gasteiger partial charge in [0.2, 0.25) is 0 Å². The van der Waals surface area contributed by atoms with E-state index in [0.29, 0.717) is 12.4 Å². The molecule has 128 valence electrons. The fourth-order valence-corrected chi connectivity index (χ4v) is 2.60. The van der Waals surface area contributed by atoms with Gasteiger partial charge in [-0.1, -0.05) is 13.8 Å². The van der Waals surface area contributed by atoms with Crippen LogP contribution in [0.25, 0.3) is 5.52 Å². The molecule has 2 atom stereocenters. The van der Waals surface area contributed by atoms with E-state index >= 15 is 0 Å². The molecule has 0 saturated carbocycles. The van der Waals surface area contributed by atoms with E-state index in [1.54, 1.807) is 4.52 Å². The molecule has 0 aliphatic carbocycles. The third kappa shape index (κ3) is 3.63. The minimum Gasteiger partial charge on any atom is -0.463 e. The van der Waals surface area contributed by atoms with Crippen LogP contribution >= 0.6 is 0 Å². The zero-order chi connectivity index (χ0) is 17.7. The van der Waals surface area contributed by atoms with Gasteiger partial charge in [-0.15, -0.1) is 0 Å². The lowest BCUT2D eigenvalue weighted by Gasteiger charge is -2.14. The third-order valence-electron chi connectivity index (χ3n) is 3.83. The molecule has 1 saturated heterocycles. The van der Waals surface area contributed by atoms with E-state index in [9.17, 15) is 4.79 Å². The van der Waals surface area contributed by atoms with Crippen LogP contribution in [-0.2, 0) is 14.3 Å². The Kier molecular flexibility index (Phi) is 5.71. The number of anilines is 1. The van der Waals surface area contributed by atoms with Crippen molar-refractivity contribution in [2.75, 3.05) is 12.3 Å². The number of nitrogens with two attached hydrogens (primary N) is 1. The molecule has 0 radical (unpaired) electrons. The standard InChI is InChI=1S/C15H20N4O3.CHN/c1-9(2)15(20)21-7-10-3-6-13(22-10)11-4-5-12-14(16)17-8-18-19(11)12;1-2/h4-5,8-10,13H,3,6-7H2,1-2H3,(H2,16,17,18);1H. The number of hydrogen-bond donors (Lipinski definition) is 1. The Balaban J connectivity index is 0.00000100. The van der Waals surface area contributed by atoms with Crippen molar-refractivity contribution in [1.82, 2.24) is 14.6 Å². The van der Waals surface area contributed by atoms with Crippen molar-refractivity contribution in [3.8, 4) is 6.57 Å². The van der Waals surface area contributed by atoms with Gasteiger partial charge in [0.25, 0.3) is 0 Å². The first-order valence-electron chi connectivity index (χ1n) is 7.72. The summed E-state index contributed by atoms with van der Waals surface area (Å²) in [4.78, 5) is 15.5. The predicted octanol–water partition coefficient (Wildman–Crippen LogP) is 1.87. The SMILES string of the molecule is C#N.CC(C)C(=O)OCC1CCC(c2ccc3c(N)ncnn23)O1. The average molecular weight is 331 g/mol. The maximum Gasteiger partial charge on any atom is 0.308 e. The van der Waals surface area contributed by atoms with Crippen molar-refractivity contribution in [2.24, 2.45) is 5.92 Å². The summed E-state index contributed by atoms with van der Waals surface area (Å²) in [5.41, 5.74) is 7.55. The molecule has 8 heteroatoms. The van der Waals surface area contributed by atoms with Gasteiger partial charge in [-0.25, -0.2) is 14.8 Å². The fourth-order valence-electron chi connectivity index (χ4n) is 2.60. The van der Waals surface area contributed by atoms with E-state index in [1.165, 1.54) is 6.33 Å². The number of hydrogen-bond acceptors (Lipinski definition) is 7. The summed E-state index contributed by atoms with van der Waals surface area (Å²) >= 11 is 0. The van der Waals surface area contributed by atoms with E-state index in [4.69, 9.17) is 20.5 Å². The lowest BCUT2D eigenvalue weighted by Crippen LogP contribution is -2.21. The highest BCUT2D eigenvalue weighted by molar-refractivity contribution is 5.71. The lowest BCUT2D eigenvalue weighted by atomic mass is 10.1. The van der Waals surface area contributed by atoms with Crippen LogP contribution in [0.15, 0.2) is 18.5 Å². The highest BCUT2D eigenvalue weighted by Crippen LogP contribution is 2.33. The van der Waals surface area contributed by atoms with Gasteiger partial charge in [-0.2, -0.15) is 5.10 Å². The molecule has 2 unspecified atom stereocenters. The monoisotopic (exact) mass is 331 g/mol. The van der Waals surface area contributed by atoms with Crippen molar-refractivity contribution in [1.29, 1.82) is 5.26 Å². The number of carbonyl (C=O) groups is 1. The largest absolute Gasteiger partial charge is 0.463 e. The smallest absolute Gasteiger partial charge is 0.308 e. The number of nitriles is 1. The molecule has 2 N–H and O–H groups in total. The molecular formula is C16H21N5O3. The van der Waals surface area contributed by atoms with Gasteiger partial charge in [0.1, 0.15) is 24.6 Å². The van der Waals surface area contributed by atoms with Gasteiger partial charge in [-0.05, 0) is 25.0 Å². The highest BCUT2D eigenvalue weighted by atomic mass is 16.6. The summed E-state index contributed by atoms with van der Waals surface area (Å²) < 4.78 is 13.0. The number of fused-ring (bicyclic) bond motifs is 1. The average Bonchev–Trinajstić information content (AvgIpc) is 3.21. The molecule has 1 fully saturated rings. The van der Waals surface area contributed by atoms with Gasteiger partial charge in [0.05, 0.1) is 17.7 Å². The summed E-state index contributed by atoms with van der Waals surface area (Å²) in [6.45, 7) is 7.43. The summed E-state index contributed by atoms with van der Waals surface area (Å²) in [6.07, 6.45) is 3.00. The molecule has 0 aromatic carbocycles. The van der Waals surface area contributed by atoms with Crippen molar-refractivity contribution in [2.45, 2.75) is 38.9 Å². The fraction of sp³-hybridized carbons (Fsp3) is 0.500. The second-order valence-electron chi connectivity index (χ2n) is 5.81. The van der Waals surface area contributed by atoms with Crippen LogP contribution in [0.1, 0.15) is 38.5 Å². The van der Waals surface area contributed by atoms with Crippen LogP contribution in [-0.4, -0.2) is 33.3 Å². The summed E-state index contributed by atoms with van der Waals surface area (Å²) in [6, 6.07) is 3.84. The number of rotatable bonds is 4. The number of carbonyl (C=O) groups excluding carboxylic acids is 1. The number of nitrogen functional groups attached to an aromatic ring is 1. The third-order valence-corrected chi connectivity index (χ3v) is 3.83. The van der Waals surface area contributed by atoms with Crippen molar-refractivity contribution in [3.63, 3.8) is 0 Å². The molecule has 3 rings (SSSR count). The maximum absolute atomic E-state index is 11.5. The summed E-state index contributed by atoms with van der Waals surface area (Å²) in [5, 5.41) is 10.7. The zero-order valence-electron chi connectivity index (χ0n) is 13.8. The Morgan fingerprint density at radius 3 is 2.96 bits per heavy atom. The van der Waals surface area contributed by atoms with Crippen molar-refractivity contribution < 1.29 is 14.3 Å². The van der Waals surface area contributed by atoms with Crippen LogP contribution in [0.4, 0.5) is 5.82 Å². The normalized spacial score (nSPS) is 19.9. The van der Waals surface area contributed by atoms with Crippen molar-refractivity contribution >= 4 is 17.3 Å². The second kappa shape index (κ2) is 7.75. The van der Waals surface area contributed by atoms with E-state index in [-0.39, 0.29) is 24.1 Å². The number of esters is 1. The number of aromatic nitrogens is 3. The molecule has 0 amide bonds. The molecule has 3 heterocycles. The first-order chi connectivity index (χ1) is 11.6. The molecule has 0 spiro atoms. The lowest BCUT2D eigenvalue weighted by molar-refractivity contribution is -0.151. The van der Waals surface area contributed by atoms with Crippen molar-refractivity contribution in [3.05, 3.63) is 24.2 Å². The van der Waals surface area contributed by atoms with E-state index < -0.39 is 0 Å². The molecule has 2 aromatic rings. The Hall–Kier alpha value is -2.66. The highest BCUT2D eigenvalue weighted by Gasteiger charge is 2.30. The topological polar surface area (TPSA) is 116 Å². The zero-order valence-corrected chi connectivity index (χ0v) is 13.8. The molecular weight excluding hydrogens is 310 g/mol. The summed E-state index contributed by atoms with van der Waals surface area (Å²) in [7, 11) is 0. The van der Waals surface area contributed by atoms with Crippen LogP contribution in [0, 0.1) is 17.8 Å². The molecule has 1 aliphatic heterocycles. The first-order valence-corrected chi connectivity index (χ1v) is 7.72. The summed E-state index contributed by atoms with van der Waals surface area (Å²) in [5.74, 6) is 0.133. The van der Waals surface area contributed by atoms with Crippen LogP contribution in [0.5, 0.6) is 0 Å². The molecule has 24 heavy (non-hydrogen) atoms. The predicted molar refractivity (Wildman–Crippen MR) is 86.7 cm³/mol.